The van der Waals surface area contributed by atoms with E-state index in [4.69, 9.17) is 21.1 Å². The second kappa shape index (κ2) is 8.36. The van der Waals surface area contributed by atoms with E-state index in [9.17, 15) is 14.4 Å². The molecule has 0 aliphatic heterocycles. The Kier molecular flexibility index (Phi) is 5.89. The Bertz CT molecular complexity index is 1160. The van der Waals surface area contributed by atoms with Gasteiger partial charge in [0, 0.05) is 16.5 Å². The molecule has 1 aromatic heterocycles. The Morgan fingerprint density at radius 1 is 1.17 bits per heavy atom. The van der Waals surface area contributed by atoms with E-state index in [0.29, 0.717) is 27.2 Å². The number of rotatable bonds is 5. The molecular weight excluding hydrogens is 396 g/mol. The monoisotopic (exact) mass is 414 g/mol. The summed E-state index contributed by atoms with van der Waals surface area (Å²) in [5, 5.41) is 4.21. The molecule has 1 heterocycles. The number of amides is 1. The van der Waals surface area contributed by atoms with Crippen molar-refractivity contribution in [2.45, 2.75) is 20.0 Å². The van der Waals surface area contributed by atoms with Crippen LogP contribution in [0.4, 0.5) is 5.69 Å². The summed E-state index contributed by atoms with van der Waals surface area (Å²) < 4.78 is 10.4. The van der Waals surface area contributed by atoms with E-state index in [1.54, 1.807) is 43.3 Å². The summed E-state index contributed by atoms with van der Waals surface area (Å²) >= 11 is 6.06. The van der Waals surface area contributed by atoms with Gasteiger partial charge in [0.25, 0.3) is 11.5 Å². The highest BCUT2D eigenvalue weighted by molar-refractivity contribution is 6.31. The number of pyridine rings is 1. The third-order valence-corrected chi connectivity index (χ3v) is 4.77. The second-order valence-corrected chi connectivity index (χ2v) is 6.85. The number of hydrogen-bond acceptors (Lipinski definition) is 5. The molecule has 7 nitrogen and oxygen atoms in total. The number of fused-ring (bicyclic) bond motifs is 1. The zero-order valence-corrected chi connectivity index (χ0v) is 16.8. The molecule has 1 unspecified atom stereocenters. The average molecular weight is 415 g/mol. The van der Waals surface area contributed by atoms with Gasteiger partial charge in [0.05, 0.1) is 12.8 Å². The maximum atomic E-state index is 12.5. The first-order valence-electron chi connectivity index (χ1n) is 8.78. The van der Waals surface area contributed by atoms with Crippen LogP contribution in [-0.2, 0) is 9.53 Å². The minimum absolute atomic E-state index is 0.0340. The number of anilines is 1. The molecule has 2 N–H and O–H groups in total. The van der Waals surface area contributed by atoms with E-state index < -0.39 is 23.5 Å². The molecule has 1 amide bonds. The maximum Gasteiger partial charge on any atom is 0.355 e. The fraction of sp³-hybridized carbons (Fsp3) is 0.190. The van der Waals surface area contributed by atoms with Crippen LogP contribution >= 0.6 is 11.6 Å². The summed E-state index contributed by atoms with van der Waals surface area (Å²) in [6.07, 6.45) is -1.11. The van der Waals surface area contributed by atoms with Crippen molar-refractivity contribution in [3.05, 3.63) is 69.1 Å². The van der Waals surface area contributed by atoms with Crippen LogP contribution in [0.25, 0.3) is 10.8 Å². The van der Waals surface area contributed by atoms with Crippen LogP contribution in [0.5, 0.6) is 5.75 Å². The van der Waals surface area contributed by atoms with Gasteiger partial charge in [0.2, 0.25) is 0 Å². The normalized spacial score (nSPS) is 11.7. The summed E-state index contributed by atoms with van der Waals surface area (Å²) in [4.78, 5) is 39.5. The molecule has 0 aliphatic rings. The lowest BCUT2D eigenvalue weighted by Gasteiger charge is -2.16. The molecule has 1 atom stereocenters. The second-order valence-electron chi connectivity index (χ2n) is 6.44. The van der Waals surface area contributed by atoms with Crippen molar-refractivity contribution < 1.29 is 19.1 Å². The zero-order valence-electron chi connectivity index (χ0n) is 16.0. The van der Waals surface area contributed by atoms with Crippen LogP contribution in [0.15, 0.2) is 47.3 Å². The summed E-state index contributed by atoms with van der Waals surface area (Å²) in [7, 11) is 1.45. The van der Waals surface area contributed by atoms with Crippen LogP contribution in [0, 0.1) is 6.92 Å². The topological polar surface area (TPSA) is 97.5 Å². The first-order valence-corrected chi connectivity index (χ1v) is 9.16. The van der Waals surface area contributed by atoms with Crippen molar-refractivity contribution >= 4 is 39.9 Å². The van der Waals surface area contributed by atoms with Gasteiger partial charge in [0.15, 0.2) is 6.10 Å². The molecule has 3 aromatic rings. The van der Waals surface area contributed by atoms with Gasteiger partial charge in [0.1, 0.15) is 11.4 Å². The summed E-state index contributed by atoms with van der Waals surface area (Å²) in [5.74, 6) is -0.984. The predicted octanol–water partition coefficient (Wildman–Crippen LogP) is 3.68. The lowest BCUT2D eigenvalue weighted by Crippen LogP contribution is -2.31. The van der Waals surface area contributed by atoms with Gasteiger partial charge < -0.3 is 19.8 Å². The number of carbonyl (C=O) groups excluding carboxylic acids is 2. The molecule has 150 valence electrons. The van der Waals surface area contributed by atoms with Crippen LogP contribution in [0.3, 0.4) is 0 Å². The van der Waals surface area contributed by atoms with E-state index in [0.717, 1.165) is 5.56 Å². The van der Waals surface area contributed by atoms with Gasteiger partial charge in [-0.1, -0.05) is 29.8 Å². The molecular formula is C21H19ClN2O5. The van der Waals surface area contributed by atoms with Gasteiger partial charge in [-0.15, -0.1) is 0 Å². The first kappa shape index (κ1) is 20.4. The van der Waals surface area contributed by atoms with Crippen LogP contribution in [0.2, 0.25) is 5.02 Å². The number of H-pyrrole nitrogens is 1. The number of aromatic amines is 1. The van der Waals surface area contributed by atoms with Crippen LogP contribution in [-0.4, -0.2) is 30.1 Å². The largest absolute Gasteiger partial charge is 0.495 e. The van der Waals surface area contributed by atoms with E-state index >= 15 is 0 Å². The number of halogens is 1. The van der Waals surface area contributed by atoms with Crippen molar-refractivity contribution in [3.63, 3.8) is 0 Å². The zero-order chi connectivity index (χ0) is 21.1. The number of nitrogens with one attached hydrogen (secondary N) is 2. The minimum Gasteiger partial charge on any atom is -0.495 e. The smallest absolute Gasteiger partial charge is 0.355 e. The SMILES string of the molecule is COc1cc(Cl)c(C)cc1NC(=O)C(C)OC(=O)c1cc2ccccc2c(=O)[nH]1. The maximum absolute atomic E-state index is 12.5. The van der Waals surface area contributed by atoms with E-state index in [2.05, 4.69) is 10.3 Å². The fourth-order valence-electron chi connectivity index (χ4n) is 2.76. The van der Waals surface area contributed by atoms with Crippen LogP contribution in [0.1, 0.15) is 23.0 Å². The highest BCUT2D eigenvalue weighted by Crippen LogP contribution is 2.31. The van der Waals surface area contributed by atoms with Gasteiger partial charge in [-0.25, -0.2) is 4.79 Å². The summed E-state index contributed by atoms with van der Waals surface area (Å²) in [5.41, 5.74) is 0.712. The number of esters is 1. The van der Waals surface area contributed by atoms with Crippen molar-refractivity contribution in [2.24, 2.45) is 0 Å². The average Bonchev–Trinajstić information content (AvgIpc) is 2.70. The van der Waals surface area contributed by atoms with Gasteiger partial charge >= 0.3 is 5.97 Å². The third kappa shape index (κ3) is 4.41. The van der Waals surface area contributed by atoms with E-state index in [1.165, 1.54) is 20.1 Å². The standard InChI is InChI=1S/C21H19ClN2O5/c1-11-8-16(18(28-3)10-15(11)22)23-19(25)12(2)29-21(27)17-9-13-6-4-5-7-14(13)20(26)24-17/h4-10,12H,1-3H3,(H,23,25)(H,24,26). The molecule has 0 bridgehead atoms. The van der Waals surface area contributed by atoms with Crippen LogP contribution < -0.4 is 15.6 Å². The van der Waals surface area contributed by atoms with Crippen molar-refractivity contribution in [3.8, 4) is 5.75 Å². The number of ether oxygens (including phenoxy) is 2. The molecule has 0 spiro atoms. The molecule has 0 fully saturated rings. The minimum atomic E-state index is -1.11. The number of methoxy groups -OCH3 is 1. The van der Waals surface area contributed by atoms with Gasteiger partial charge in [-0.3, -0.25) is 9.59 Å². The summed E-state index contributed by atoms with van der Waals surface area (Å²) in [6.45, 7) is 3.22. The van der Waals surface area contributed by atoms with Gasteiger partial charge in [-0.05, 0) is 43.0 Å². The Balaban J connectivity index is 1.75. The summed E-state index contributed by atoms with van der Waals surface area (Å²) in [6, 6.07) is 11.6. The quantitative estimate of drug-likeness (QED) is 0.620. The molecule has 8 heteroatoms. The molecule has 0 saturated carbocycles. The van der Waals surface area contributed by atoms with Crippen molar-refractivity contribution in [2.75, 3.05) is 12.4 Å². The highest BCUT2D eigenvalue weighted by Gasteiger charge is 2.21. The van der Waals surface area contributed by atoms with Crippen molar-refractivity contribution in [1.82, 2.24) is 4.98 Å². The number of hydrogen-bond donors (Lipinski definition) is 2. The number of aromatic nitrogens is 1. The number of aryl methyl sites for hydroxylation is 1. The highest BCUT2D eigenvalue weighted by atomic mass is 35.5. The Morgan fingerprint density at radius 3 is 2.62 bits per heavy atom. The molecule has 29 heavy (non-hydrogen) atoms. The first-order chi connectivity index (χ1) is 13.8. The van der Waals surface area contributed by atoms with E-state index in [-0.39, 0.29) is 5.69 Å². The van der Waals surface area contributed by atoms with Crippen molar-refractivity contribution in [1.29, 1.82) is 0 Å². The fourth-order valence-corrected chi connectivity index (χ4v) is 2.92. The number of benzene rings is 2. The molecule has 2 aromatic carbocycles. The Labute approximate surface area is 171 Å². The Hall–Kier alpha value is -3.32. The lowest BCUT2D eigenvalue weighted by molar-refractivity contribution is -0.123. The number of carbonyl (C=O) groups is 2. The molecule has 0 saturated heterocycles. The lowest BCUT2D eigenvalue weighted by atomic mass is 10.1. The predicted molar refractivity (Wildman–Crippen MR) is 111 cm³/mol. The molecule has 3 rings (SSSR count). The third-order valence-electron chi connectivity index (χ3n) is 4.37. The Morgan fingerprint density at radius 2 is 1.90 bits per heavy atom. The van der Waals surface area contributed by atoms with Gasteiger partial charge in [-0.2, -0.15) is 0 Å². The molecule has 0 radical (unpaired) electrons. The molecule has 0 aliphatic carbocycles. The van der Waals surface area contributed by atoms with E-state index in [1.807, 2.05) is 0 Å².